The number of benzene rings is 1. The average molecular weight is 320 g/mol. The summed E-state index contributed by atoms with van der Waals surface area (Å²) in [5, 5.41) is 12.8. The Balaban J connectivity index is 1.83. The lowest BCUT2D eigenvalue weighted by atomic mass is 10.0. The van der Waals surface area contributed by atoms with Gasteiger partial charge in [0.1, 0.15) is 5.75 Å². The number of phenols is 1. The fraction of sp³-hybridized carbons (Fsp3) is 0.611. The number of hydrogen-bond acceptors (Lipinski definition) is 3. The van der Waals surface area contributed by atoms with Crippen LogP contribution in [0.15, 0.2) is 12.1 Å². The second-order valence-electron chi connectivity index (χ2n) is 6.48. The number of aryl methyl sites for hydroxylation is 2. The molecule has 1 saturated heterocycles. The molecule has 1 aromatic rings. The molecule has 128 valence electrons. The molecule has 1 fully saturated rings. The number of carbonyl (C=O) groups is 1. The second-order valence-corrected chi connectivity index (χ2v) is 6.48. The molecule has 1 heterocycles. The SMILES string of the molecule is CO[C@@H]1CCN(C(=O)NCCc2cc(C)c(O)c(C)c2)[C@@H](C)C1. The van der Waals surface area contributed by atoms with E-state index in [9.17, 15) is 9.90 Å². The first kappa shape index (κ1) is 17.6. The highest BCUT2D eigenvalue weighted by atomic mass is 16.5. The zero-order valence-corrected chi connectivity index (χ0v) is 14.6. The molecule has 1 aliphatic rings. The number of ether oxygens (including phenoxy) is 1. The van der Waals surface area contributed by atoms with E-state index in [0.717, 1.165) is 42.5 Å². The van der Waals surface area contributed by atoms with Crippen molar-refractivity contribution in [3.63, 3.8) is 0 Å². The van der Waals surface area contributed by atoms with Crippen LogP contribution in [0.3, 0.4) is 0 Å². The van der Waals surface area contributed by atoms with Crippen LogP contribution >= 0.6 is 0 Å². The van der Waals surface area contributed by atoms with Gasteiger partial charge in [-0.05, 0) is 56.7 Å². The Morgan fingerprint density at radius 2 is 2.04 bits per heavy atom. The molecule has 0 bridgehead atoms. The molecule has 0 aromatic heterocycles. The van der Waals surface area contributed by atoms with Crippen molar-refractivity contribution < 1.29 is 14.6 Å². The van der Waals surface area contributed by atoms with Gasteiger partial charge in [0.05, 0.1) is 6.10 Å². The van der Waals surface area contributed by atoms with Crippen LogP contribution in [0.5, 0.6) is 5.75 Å². The zero-order chi connectivity index (χ0) is 17.0. The Labute approximate surface area is 138 Å². The molecule has 0 unspecified atom stereocenters. The first-order chi connectivity index (χ1) is 10.9. The monoisotopic (exact) mass is 320 g/mol. The number of phenolic OH excluding ortho intramolecular Hbond substituents is 1. The maximum Gasteiger partial charge on any atom is 0.317 e. The fourth-order valence-electron chi connectivity index (χ4n) is 3.25. The summed E-state index contributed by atoms with van der Waals surface area (Å²) < 4.78 is 5.38. The molecule has 2 N–H and O–H groups in total. The summed E-state index contributed by atoms with van der Waals surface area (Å²) in [5.74, 6) is 0.354. The largest absolute Gasteiger partial charge is 0.507 e. The van der Waals surface area contributed by atoms with Gasteiger partial charge in [-0.1, -0.05) is 12.1 Å². The third-order valence-corrected chi connectivity index (χ3v) is 4.66. The maximum atomic E-state index is 12.3. The highest BCUT2D eigenvalue weighted by Crippen LogP contribution is 2.23. The van der Waals surface area contributed by atoms with Crippen molar-refractivity contribution in [2.75, 3.05) is 20.2 Å². The summed E-state index contributed by atoms with van der Waals surface area (Å²) >= 11 is 0. The third kappa shape index (κ3) is 4.38. The molecular formula is C18H28N2O3. The highest BCUT2D eigenvalue weighted by Gasteiger charge is 2.28. The molecule has 2 atom stereocenters. The van der Waals surface area contributed by atoms with E-state index >= 15 is 0 Å². The van der Waals surface area contributed by atoms with Crippen LogP contribution in [0.2, 0.25) is 0 Å². The van der Waals surface area contributed by atoms with Gasteiger partial charge < -0.3 is 20.1 Å². The van der Waals surface area contributed by atoms with Crippen LogP contribution in [0.25, 0.3) is 0 Å². The minimum Gasteiger partial charge on any atom is -0.507 e. The van der Waals surface area contributed by atoms with Crippen molar-refractivity contribution in [3.05, 3.63) is 28.8 Å². The van der Waals surface area contributed by atoms with Crippen molar-refractivity contribution in [2.45, 2.75) is 52.2 Å². The lowest BCUT2D eigenvalue weighted by molar-refractivity contribution is 0.0294. The standard InChI is InChI=1S/C18H28N2O3/c1-12-9-15(10-13(2)17(12)21)5-7-19-18(22)20-8-6-16(23-4)11-14(20)3/h9-10,14,16,21H,5-8,11H2,1-4H3,(H,19,22)/t14-,16+/m0/s1. The molecule has 2 rings (SSSR count). The Morgan fingerprint density at radius 3 is 2.61 bits per heavy atom. The molecule has 1 aliphatic heterocycles. The van der Waals surface area contributed by atoms with Gasteiger partial charge in [0.15, 0.2) is 0 Å². The predicted octanol–water partition coefficient (Wildman–Crippen LogP) is 2.76. The summed E-state index contributed by atoms with van der Waals surface area (Å²) in [6.45, 7) is 7.19. The van der Waals surface area contributed by atoms with E-state index in [0.29, 0.717) is 12.3 Å². The minimum atomic E-state index is -0.000671. The molecule has 23 heavy (non-hydrogen) atoms. The molecule has 0 spiro atoms. The number of aromatic hydroxyl groups is 1. The van der Waals surface area contributed by atoms with Crippen molar-refractivity contribution >= 4 is 6.03 Å². The van der Waals surface area contributed by atoms with E-state index < -0.39 is 0 Å². The molecule has 0 aliphatic carbocycles. The molecule has 1 aromatic carbocycles. The molecule has 2 amide bonds. The molecule has 5 nitrogen and oxygen atoms in total. The number of urea groups is 1. The van der Waals surface area contributed by atoms with E-state index in [1.165, 1.54) is 0 Å². The quantitative estimate of drug-likeness (QED) is 0.897. The molecular weight excluding hydrogens is 292 g/mol. The van der Waals surface area contributed by atoms with Gasteiger partial charge in [-0.2, -0.15) is 0 Å². The molecule has 0 saturated carbocycles. The number of piperidine rings is 1. The smallest absolute Gasteiger partial charge is 0.317 e. The van der Waals surface area contributed by atoms with Crippen molar-refractivity contribution in [2.24, 2.45) is 0 Å². The number of hydrogen-bond donors (Lipinski definition) is 2. The van der Waals surface area contributed by atoms with Gasteiger partial charge >= 0.3 is 6.03 Å². The Morgan fingerprint density at radius 1 is 1.39 bits per heavy atom. The average Bonchev–Trinajstić information content (AvgIpc) is 2.52. The number of rotatable bonds is 4. The van der Waals surface area contributed by atoms with Gasteiger partial charge in [0.2, 0.25) is 0 Å². The van der Waals surface area contributed by atoms with Gasteiger partial charge in [-0.25, -0.2) is 4.79 Å². The summed E-state index contributed by atoms with van der Waals surface area (Å²) in [5.41, 5.74) is 2.88. The normalized spacial score (nSPS) is 21.3. The van der Waals surface area contributed by atoms with Crippen LogP contribution in [0, 0.1) is 13.8 Å². The number of amides is 2. The van der Waals surface area contributed by atoms with E-state index in [1.807, 2.05) is 30.9 Å². The number of likely N-dealkylation sites (tertiary alicyclic amines) is 1. The van der Waals surface area contributed by atoms with Crippen LogP contribution < -0.4 is 5.32 Å². The van der Waals surface area contributed by atoms with E-state index in [-0.39, 0.29) is 18.2 Å². The lowest BCUT2D eigenvalue weighted by Gasteiger charge is -2.37. The predicted molar refractivity (Wildman–Crippen MR) is 90.9 cm³/mol. The van der Waals surface area contributed by atoms with Gasteiger partial charge in [-0.3, -0.25) is 0 Å². The Hall–Kier alpha value is -1.75. The number of nitrogens with zero attached hydrogens (tertiary/aromatic N) is 1. The maximum absolute atomic E-state index is 12.3. The highest BCUT2D eigenvalue weighted by molar-refractivity contribution is 5.74. The number of nitrogens with one attached hydrogen (secondary N) is 1. The van der Waals surface area contributed by atoms with E-state index in [2.05, 4.69) is 12.2 Å². The van der Waals surface area contributed by atoms with Crippen molar-refractivity contribution in [3.8, 4) is 5.75 Å². The van der Waals surface area contributed by atoms with Crippen molar-refractivity contribution in [1.29, 1.82) is 0 Å². The van der Waals surface area contributed by atoms with Crippen LogP contribution in [-0.2, 0) is 11.2 Å². The van der Waals surface area contributed by atoms with E-state index in [1.54, 1.807) is 7.11 Å². The topological polar surface area (TPSA) is 61.8 Å². The minimum absolute atomic E-state index is 0.000671. The Kier molecular flexibility index (Phi) is 5.88. The Bertz CT molecular complexity index is 536. The summed E-state index contributed by atoms with van der Waals surface area (Å²) in [6.07, 6.45) is 2.80. The lowest BCUT2D eigenvalue weighted by Crippen LogP contribution is -2.50. The van der Waals surface area contributed by atoms with Gasteiger partial charge in [0.25, 0.3) is 0 Å². The zero-order valence-electron chi connectivity index (χ0n) is 14.6. The number of methoxy groups -OCH3 is 1. The summed E-state index contributed by atoms with van der Waals surface area (Å²) in [7, 11) is 1.73. The first-order valence-corrected chi connectivity index (χ1v) is 8.28. The van der Waals surface area contributed by atoms with Crippen LogP contribution in [0.4, 0.5) is 4.79 Å². The van der Waals surface area contributed by atoms with Gasteiger partial charge in [0, 0.05) is 26.2 Å². The van der Waals surface area contributed by atoms with E-state index in [4.69, 9.17) is 4.74 Å². The second kappa shape index (κ2) is 7.68. The van der Waals surface area contributed by atoms with Crippen molar-refractivity contribution in [1.82, 2.24) is 10.2 Å². The molecule has 0 radical (unpaired) electrons. The first-order valence-electron chi connectivity index (χ1n) is 8.28. The van der Waals surface area contributed by atoms with Gasteiger partial charge in [-0.15, -0.1) is 0 Å². The summed E-state index contributed by atoms with van der Waals surface area (Å²) in [6, 6.07) is 4.15. The number of carbonyl (C=O) groups excluding carboxylic acids is 1. The summed E-state index contributed by atoms with van der Waals surface area (Å²) in [4.78, 5) is 14.2. The molecule has 5 heteroatoms. The van der Waals surface area contributed by atoms with Crippen LogP contribution in [-0.4, -0.2) is 48.4 Å². The fourth-order valence-corrected chi connectivity index (χ4v) is 3.25. The van der Waals surface area contributed by atoms with Crippen LogP contribution in [0.1, 0.15) is 36.5 Å². The third-order valence-electron chi connectivity index (χ3n) is 4.66.